The fourth-order valence-corrected chi connectivity index (χ4v) is 3.29. The third-order valence-electron chi connectivity index (χ3n) is 4.69. The van der Waals surface area contributed by atoms with Crippen LogP contribution in [0.4, 0.5) is 0 Å². The number of rotatable bonds is 4. The van der Waals surface area contributed by atoms with Gasteiger partial charge in [-0.15, -0.1) is 0 Å². The molecule has 2 saturated heterocycles. The molecule has 0 radical (unpaired) electrons. The lowest BCUT2D eigenvalue weighted by molar-refractivity contribution is 0.0555. The molecule has 0 amide bonds. The van der Waals surface area contributed by atoms with Crippen LogP contribution >= 0.6 is 11.6 Å². The van der Waals surface area contributed by atoms with E-state index in [1.54, 1.807) is 0 Å². The van der Waals surface area contributed by atoms with E-state index < -0.39 is 0 Å². The second-order valence-electron chi connectivity index (χ2n) is 6.06. The fourth-order valence-electron chi connectivity index (χ4n) is 3.17. The van der Waals surface area contributed by atoms with Gasteiger partial charge in [0.15, 0.2) is 0 Å². The summed E-state index contributed by atoms with van der Waals surface area (Å²) >= 11 is 5.94. The van der Waals surface area contributed by atoms with Crippen LogP contribution in [0.3, 0.4) is 0 Å². The minimum absolute atomic E-state index is 0.609. The van der Waals surface area contributed by atoms with Crippen LogP contribution in [0.1, 0.15) is 12.5 Å². The molecule has 4 heteroatoms. The molecule has 0 bridgehead atoms. The molecule has 1 N–H and O–H groups in total. The molecule has 2 heterocycles. The zero-order chi connectivity index (χ0) is 13.9. The highest BCUT2D eigenvalue weighted by Crippen LogP contribution is 2.16. The van der Waals surface area contributed by atoms with Gasteiger partial charge >= 0.3 is 0 Å². The first-order valence-electron chi connectivity index (χ1n) is 7.65. The topological polar surface area (TPSA) is 18.5 Å². The summed E-state index contributed by atoms with van der Waals surface area (Å²) in [5.41, 5.74) is 1.38. The molecule has 2 aliphatic heterocycles. The summed E-state index contributed by atoms with van der Waals surface area (Å²) < 4.78 is 0. The Morgan fingerprint density at radius 3 is 2.35 bits per heavy atom. The van der Waals surface area contributed by atoms with Crippen molar-refractivity contribution in [2.24, 2.45) is 0 Å². The van der Waals surface area contributed by atoms with E-state index in [4.69, 9.17) is 11.6 Å². The number of piperazine rings is 1. The number of halogens is 1. The molecule has 1 atom stereocenters. The van der Waals surface area contributed by atoms with Crippen LogP contribution in [0.2, 0.25) is 5.02 Å². The minimum atomic E-state index is 0.609. The predicted octanol–water partition coefficient (Wildman–Crippen LogP) is 1.86. The maximum Gasteiger partial charge on any atom is 0.0406 e. The van der Waals surface area contributed by atoms with E-state index in [1.165, 1.54) is 44.8 Å². The molecular formula is C16H24ClN3. The first-order chi connectivity index (χ1) is 9.72. The summed E-state index contributed by atoms with van der Waals surface area (Å²) in [5, 5.41) is 4.19. The molecule has 2 fully saturated rings. The zero-order valence-electron chi connectivity index (χ0n) is 12.2. The molecule has 0 spiro atoms. The Labute approximate surface area is 126 Å². The predicted molar refractivity (Wildman–Crippen MR) is 84.4 cm³/mol. The Hall–Kier alpha value is -0.610. The summed E-state index contributed by atoms with van der Waals surface area (Å²) in [6, 6.07) is 9.68. The monoisotopic (exact) mass is 293 g/mol. The van der Waals surface area contributed by atoms with Crippen LogP contribution in [0.5, 0.6) is 0 Å². The average molecular weight is 294 g/mol. The number of hydrogen-bond acceptors (Lipinski definition) is 3. The van der Waals surface area contributed by atoms with Crippen molar-refractivity contribution in [1.29, 1.82) is 0 Å². The van der Waals surface area contributed by atoms with Gasteiger partial charge in [0, 0.05) is 56.4 Å². The molecule has 20 heavy (non-hydrogen) atoms. The third-order valence-corrected chi connectivity index (χ3v) is 4.94. The van der Waals surface area contributed by atoms with Crippen molar-refractivity contribution in [1.82, 2.24) is 15.1 Å². The van der Waals surface area contributed by atoms with E-state index in [0.717, 1.165) is 17.5 Å². The largest absolute Gasteiger partial charge is 0.314 e. The van der Waals surface area contributed by atoms with E-state index in [-0.39, 0.29) is 0 Å². The van der Waals surface area contributed by atoms with Crippen LogP contribution < -0.4 is 5.32 Å². The van der Waals surface area contributed by atoms with E-state index in [1.807, 2.05) is 12.1 Å². The van der Waals surface area contributed by atoms with Gasteiger partial charge in [-0.25, -0.2) is 0 Å². The molecule has 0 aliphatic carbocycles. The van der Waals surface area contributed by atoms with Gasteiger partial charge in [0.1, 0.15) is 0 Å². The lowest BCUT2D eigenvalue weighted by Gasteiger charge is -2.44. The molecule has 1 unspecified atom stereocenters. The van der Waals surface area contributed by atoms with Crippen molar-refractivity contribution in [3.63, 3.8) is 0 Å². The maximum absolute atomic E-state index is 5.94. The maximum atomic E-state index is 5.94. The van der Waals surface area contributed by atoms with E-state index in [0.29, 0.717) is 6.04 Å². The van der Waals surface area contributed by atoms with Crippen LogP contribution in [-0.2, 0) is 6.42 Å². The standard InChI is InChI=1S/C16H24ClN3/c1-13(10-14-2-4-15(17)5-3-14)19-6-8-20(9-7-19)16-11-18-12-16/h2-5,13,16,18H,6-12H2,1H3. The van der Waals surface area contributed by atoms with Crippen molar-refractivity contribution in [2.75, 3.05) is 39.3 Å². The van der Waals surface area contributed by atoms with Crippen molar-refractivity contribution in [3.8, 4) is 0 Å². The Bertz CT molecular complexity index is 422. The Morgan fingerprint density at radius 1 is 1.15 bits per heavy atom. The summed E-state index contributed by atoms with van der Waals surface area (Å²) in [7, 11) is 0. The van der Waals surface area contributed by atoms with E-state index in [2.05, 4.69) is 34.2 Å². The normalized spacial score (nSPS) is 23.5. The molecule has 3 rings (SSSR count). The molecule has 0 aromatic heterocycles. The summed E-state index contributed by atoms with van der Waals surface area (Å²) in [6.07, 6.45) is 1.11. The van der Waals surface area contributed by atoms with Crippen molar-refractivity contribution < 1.29 is 0 Å². The number of benzene rings is 1. The van der Waals surface area contributed by atoms with Crippen LogP contribution in [0.15, 0.2) is 24.3 Å². The lowest BCUT2D eigenvalue weighted by atomic mass is 10.0. The molecule has 2 aliphatic rings. The average Bonchev–Trinajstić information content (AvgIpc) is 2.40. The molecule has 3 nitrogen and oxygen atoms in total. The Balaban J connectivity index is 1.48. The number of nitrogens with zero attached hydrogens (tertiary/aromatic N) is 2. The van der Waals surface area contributed by atoms with Gasteiger partial charge in [-0.1, -0.05) is 23.7 Å². The highest BCUT2D eigenvalue weighted by molar-refractivity contribution is 6.30. The summed E-state index contributed by atoms with van der Waals surface area (Å²) in [5.74, 6) is 0. The van der Waals surface area contributed by atoms with Gasteiger partial charge in [0.05, 0.1) is 0 Å². The van der Waals surface area contributed by atoms with Crippen molar-refractivity contribution in [3.05, 3.63) is 34.9 Å². The van der Waals surface area contributed by atoms with Crippen LogP contribution in [-0.4, -0.2) is 61.2 Å². The van der Waals surface area contributed by atoms with Gasteiger partial charge < -0.3 is 5.32 Å². The Kier molecular flexibility index (Phi) is 4.61. The second kappa shape index (κ2) is 6.44. The smallest absolute Gasteiger partial charge is 0.0406 e. The number of hydrogen-bond donors (Lipinski definition) is 1. The molecule has 1 aromatic rings. The first-order valence-corrected chi connectivity index (χ1v) is 8.03. The quantitative estimate of drug-likeness (QED) is 0.914. The lowest BCUT2D eigenvalue weighted by Crippen LogP contribution is -2.62. The molecule has 1 aromatic carbocycles. The summed E-state index contributed by atoms with van der Waals surface area (Å²) in [6.45, 7) is 9.54. The third kappa shape index (κ3) is 3.34. The van der Waals surface area contributed by atoms with Gasteiger partial charge in [-0.3, -0.25) is 9.80 Å². The van der Waals surface area contributed by atoms with Crippen molar-refractivity contribution >= 4 is 11.6 Å². The highest BCUT2D eigenvalue weighted by Gasteiger charge is 2.28. The van der Waals surface area contributed by atoms with E-state index in [9.17, 15) is 0 Å². The van der Waals surface area contributed by atoms with E-state index >= 15 is 0 Å². The van der Waals surface area contributed by atoms with Crippen molar-refractivity contribution in [2.45, 2.75) is 25.4 Å². The zero-order valence-corrected chi connectivity index (χ0v) is 12.9. The van der Waals surface area contributed by atoms with Gasteiger partial charge in [0.25, 0.3) is 0 Å². The SMILES string of the molecule is CC(Cc1ccc(Cl)cc1)N1CCN(C2CNC2)CC1. The van der Waals surface area contributed by atoms with Gasteiger partial charge in [-0.2, -0.15) is 0 Å². The minimum Gasteiger partial charge on any atom is -0.314 e. The highest BCUT2D eigenvalue weighted by atomic mass is 35.5. The summed E-state index contributed by atoms with van der Waals surface area (Å²) in [4.78, 5) is 5.26. The Morgan fingerprint density at radius 2 is 1.80 bits per heavy atom. The first kappa shape index (κ1) is 14.3. The van der Waals surface area contributed by atoms with Crippen LogP contribution in [0, 0.1) is 0 Å². The molecule has 0 saturated carbocycles. The number of nitrogens with one attached hydrogen (secondary N) is 1. The van der Waals surface area contributed by atoms with Crippen LogP contribution in [0.25, 0.3) is 0 Å². The van der Waals surface area contributed by atoms with Gasteiger partial charge in [0.2, 0.25) is 0 Å². The molecular weight excluding hydrogens is 270 g/mol. The second-order valence-corrected chi connectivity index (χ2v) is 6.50. The van der Waals surface area contributed by atoms with Gasteiger partial charge in [-0.05, 0) is 31.0 Å². The fraction of sp³-hybridized carbons (Fsp3) is 0.625. The molecule has 110 valence electrons.